The number of aryl methyl sites for hydroxylation is 2. The van der Waals surface area contributed by atoms with Crippen molar-refractivity contribution in [3.05, 3.63) is 52.9 Å². The number of hydrogen-bond acceptors (Lipinski definition) is 3. The summed E-state index contributed by atoms with van der Waals surface area (Å²) in [6, 6.07) is 7.86. The number of benzene rings is 1. The Morgan fingerprint density at radius 3 is 2.50 bits per heavy atom. The molecule has 0 unspecified atom stereocenters. The fourth-order valence-corrected chi connectivity index (χ4v) is 2.31. The molecule has 1 heterocycles. The van der Waals surface area contributed by atoms with Crippen molar-refractivity contribution in [1.29, 1.82) is 0 Å². The second-order valence-electron chi connectivity index (χ2n) is 6.36. The second-order valence-corrected chi connectivity index (χ2v) is 6.36. The van der Waals surface area contributed by atoms with Crippen molar-refractivity contribution in [3.63, 3.8) is 0 Å². The van der Waals surface area contributed by atoms with Gasteiger partial charge in [-0.1, -0.05) is 44.1 Å². The molecule has 0 atom stereocenters. The highest BCUT2D eigenvalue weighted by Crippen LogP contribution is 2.29. The van der Waals surface area contributed by atoms with E-state index in [1.807, 2.05) is 38.1 Å². The van der Waals surface area contributed by atoms with Crippen LogP contribution in [0.5, 0.6) is 0 Å². The number of amides is 1. The van der Waals surface area contributed by atoms with Gasteiger partial charge in [-0.3, -0.25) is 4.79 Å². The van der Waals surface area contributed by atoms with Gasteiger partial charge in [-0.05, 0) is 37.0 Å². The van der Waals surface area contributed by atoms with E-state index in [2.05, 4.69) is 31.2 Å². The first-order chi connectivity index (χ1) is 10.3. The minimum absolute atomic E-state index is 0.0325. The first-order valence-corrected chi connectivity index (χ1v) is 7.30. The van der Waals surface area contributed by atoms with Crippen LogP contribution < -0.4 is 5.32 Å². The Labute approximate surface area is 131 Å². The van der Waals surface area contributed by atoms with Crippen LogP contribution in [0, 0.1) is 13.8 Å². The summed E-state index contributed by atoms with van der Waals surface area (Å²) in [6.07, 6.45) is 3.24. The Morgan fingerprint density at radius 2 is 1.91 bits per heavy atom. The number of nitrogens with zero attached hydrogens (tertiary/aromatic N) is 1. The number of hydrogen-bond donors (Lipinski definition) is 1. The van der Waals surface area contributed by atoms with Gasteiger partial charge in [0, 0.05) is 17.3 Å². The van der Waals surface area contributed by atoms with Crippen LogP contribution in [-0.4, -0.2) is 11.1 Å². The highest BCUT2D eigenvalue weighted by molar-refractivity contribution is 6.02. The van der Waals surface area contributed by atoms with Crippen molar-refractivity contribution in [1.82, 2.24) is 5.16 Å². The molecule has 0 fully saturated rings. The standard InChI is InChI=1S/C18H22N2O2/c1-12-14(13(2)22-20-12)10-11-17(21)19-16-9-7-6-8-15(16)18(3,4)5/h6-11H,1-5H3,(H,19,21)/b11-10+. The molecule has 0 radical (unpaired) electrons. The average molecular weight is 298 g/mol. The lowest BCUT2D eigenvalue weighted by molar-refractivity contribution is -0.111. The molecule has 116 valence electrons. The van der Waals surface area contributed by atoms with Gasteiger partial charge in [0.1, 0.15) is 5.76 Å². The predicted molar refractivity (Wildman–Crippen MR) is 88.8 cm³/mol. The molecule has 1 aromatic heterocycles. The van der Waals surface area contributed by atoms with E-state index in [1.165, 1.54) is 6.08 Å². The first kappa shape index (κ1) is 16.0. The molecule has 0 saturated carbocycles. The molecule has 4 heteroatoms. The van der Waals surface area contributed by atoms with Gasteiger partial charge in [-0.25, -0.2) is 0 Å². The number of para-hydroxylation sites is 1. The summed E-state index contributed by atoms with van der Waals surface area (Å²) in [5.41, 5.74) is 3.53. The maximum absolute atomic E-state index is 12.2. The lowest BCUT2D eigenvalue weighted by atomic mass is 9.86. The van der Waals surface area contributed by atoms with E-state index >= 15 is 0 Å². The van der Waals surface area contributed by atoms with Crippen molar-refractivity contribution in [2.45, 2.75) is 40.0 Å². The third kappa shape index (κ3) is 3.64. The van der Waals surface area contributed by atoms with Crippen molar-refractivity contribution >= 4 is 17.7 Å². The number of aromatic nitrogens is 1. The maximum atomic E-state index is 12.2. The Balaban J connectivity index is 2.17. The molecule has 0 aliphatic rings. The van der Waals surface area contributed by atoms with Gasteiger partial charge in [0.05, 0.1) is 5.69 Å². The molecule has 4 nitrogen and oxygen atoms in total. The van der Waals surface area contributed by atoms with Crippen LogP contribution in [0.4, 0.5) is 5.69 Å². The largest absolute Gasteiger partial charge is 0.361 e. The smallest absolute Gasteiger partial charge is 0.248 e. The van der Waals surface area contributed by atoms with Crippen LogP contribution in [-0.2, 0) is 10.2 Å². The topological polar surface area (TPSA) is 55.1 Å². The average Bonchev–Trinajstić information content (AvgIpc) is 2.75. The summed E-state index contributed by atoms with van der Waals surface area (Å²) in [5, 5.41) is 6.81. The monoisotopic (exact) mass is 298 g/mol. The molecule has 0 bridgehead atoms. The minimum atomic E-state index is -0.170. The predicted octanol–water partition coefficient (Wildman–Crippen LogP) is 4.24. The minimum Gasteiger partial charge on any atom is -0.361 e. The molecule has 1 amide bonds. The molecule has 0 saturated heterocycles. The highest BCUT2D eigenvalue weighted by atomic mass is 16.5. The zero-order valence-electron chi connectivity index (χ0n) is 13.7. The number of nitrogens with one attached hydrogen (secondary N) is 1. The Bertz CT molecular complexity index is 687. The lowest BCUT2D eigenvalue weighted by Gasteiger charge is -2.22. The van der Waals surface area contributed by atoms with Gasteiger partial charge < -0.3 is 9.84 Å². The fourth-order valence-electron chi connectivity index (χ4n) is 2.31. The summed E-state index contributed by atoms with van der Waals surface area (Å²) < 4.78 is 5.08. The Kier molecular flexibility index (Phi) is 4.50. The molecule has 0 aliphatic carbocycles. The summed E-state index contributed by atoms with van der Waals surface area (Å²) in [6.45, 7) is 10.0. The van der Waals surface area contributed by atoms with Crippen LogP contribution >= 0.6 is 0 Å². The van der Waals surface area contributed by atoms with Crippen LogP contribution in [0.15, 0.2) is 34.9 Å². The van der Waals surface area contributed by atoms with E-state index in [-0.39, 0.29) is 11.3 Å². The first-order valence-electron chi connectivity index (χ1n) is 7.30. The third-order valence-corrected chi connectivity index (χ3v) is 3.48. The highest BCUT2D eigenvalue weighted by Gasteiger charge is 2.18. The van der Waals surface area contributed by atoms with E-state index in [9.17, 15) is 4.79 Å². The SMILES string of the molecule is Cc1noc(C)c1/C=C/C(=O)Nc1ccccc1C(C)(C)C. The number of carbonyl (C=O) groups is 1. The molecular formula is C18H22N2O2. The van der Waals surface area contributed by atoms with Crippen molar-refractivity contribution < 1.29 is 9.32 Å². The Morgan fingerprint density at radius 1 is 1.23 bits per heavy atom. The summed E-state index contributed by atoms with van der Waals surface area (Å²) in [7, 11) is 0. The van der Waals surface area contributed by atoms with E-state index < -0.39 is 0 Å². The molecule has 1 N–H and O–H groups in total. The van der Waals surface area contributed by atoms with Crippen molar-refractivity contribution in [3.8, 4) is 0 Å². The van der Waals surface area contributed by atoms with E-state index in [0.29, 0.717) is 5.76 Å². The van der Waals surface area contributed by atoms with E-state index in [0.717, 1.165) is 22.5 Å². The van der Waals surface area contributed by atoms with Crippen LogP contribution in [0.1, 0.15) is 43.4 Å². The zero-order valence-corrected chi connectivity index (χ0v) is 13.7. The number of rotatable bonds is 3. The summed E-state index contributed by atoms with van der Waals surface area (Å²) in [5.74, 6) is 0.536. The van der Waals surface area contributed by atoms with Gasteiger partial charge in [-0.2, -0.15) is 0 Å². The van der Waals surface area contributed by atoms with Gasteiger partial charge in [-0.15, -0.1) is 0 Å². The molecule has 22 heavy (non-hydrogen) atoms. The third-order valence-electron chi connectivity index (χ3n) is 3.48. The van der Waals surface area contributed by atoms with Crippen molar-refractivity contribution in [2.75, 3.05) is 5.32 Å². The maximum Gasteiger partial charge on any atom is 0.248 e. The molecular weight excluding hydrogens is 276 g/mol. The number of carbonyl (C=O) groups excluding carboxylic acids is 1. The molecule has 2 aromatic rings. The summed E-state index contributed by atoms with van der Waals surface area (Å²) >= 11 is 0. The van der Waals surface area contributed by atoms with E-state index in [4.69, 9.17) is 4.52 Å². The lowest BCUT2D eigenvalue weighted by Crippen LogP contribution is -2.17. The molecule has 0 spiro atoms. The van der Waals surface area contributed by atoms with Crippen LogP contribution in [0.2, 0.25) is 0 Å². The zero-order chi connectivity index (χ0) is 16.3. The van der Waals surface area contributed by atoms with Gasteiger partial charge in [0.2, 0.25) is 5.91 Å². The van der Waals surface area contributed by atoms with Crippen molar-refractivity contribution in [2.24, 2.45) is 0 Å². The second kappa shape index (κ2) is 6.18. The molecule has 2 rings (SSSR count). The summed E-state index contributed by atoms with van der Waals surface area (Å²) in [4.78, 5) is 12.2. The van der Waals surface area contributed by atoms with Gasteiger partial charge in [0.25, 0.3) is 0 Å². The van der Waals surface area contributed by atoms with E-state index in [1.54, 1.807) is 6.08 Å². The normalized spacial score (nSPS) is 11.9. The molecule has 0 aliphatic heterocycles. The van der Waals surface area contributed by atoms with Gasteiger partial charge in [0.15, 0.2) is 0 Å². The van der Waals surface area contributed by atoms with Crippen LogP contribution in [0.3, 0.4) is 0 Å². The van der Waals surface area contributed by atoms with Crippen LogP contribution in [0.25, 0.3) is 6.08 Å². The fraction of sp³-hybridized carbons (Fsp3) is 0.333. The molecule has 1 aromatic carbocycles. The Hall–Kier alpha value is -2.36. The van der Waals surface area contributed by atoms with Gasteiger partial charge >= 0.3 is 0 Å². The quantitative estimate of drug-likeness (QED) is 0.862. The number of anilines is 1.